The van der Waals surface area contributed by atoms with Crippen molar-refractivity contribution in [2.24, 2.45) is 0 Å². The lowest BCUT2D eigenvalue weighted by molar-refractivity contribution is -0.305. The van der Waals surface area contributed by atoms with Crippen molar-refractivity contribution in [2.45, 2.75) is 30.6 Å². The number of hydrogen-bond acceptors (Lipinski definition) is 4. The van der Waals surface area contributed by atoms with Crippen molar-refractivity contribution in [3.8, 4) is 0 Å². The van der Waals surface area contributed by atoms with E-state index in [1.165, 1.54) is 12.1 Å². The van der Waals surface area contributed by atoms with E-state index in [9.17, 15) is 18.3 Å². The SMILES string of the molecule is O=C([O-])CCCCc1ccc(S(=O)(=O)O)cc1. The van der Waals surface area contributed by atoms with Gasteiger partial charge in [-0.15, -0.1) is 0 Å². The summed E-state index contributed by atoms with van der Waals surface area (Å²) >= 11 is 0. The second kappa shape index (κ2) is 5.79. The molecule has 0 aliphatic rings. The molecule has 17 heavy (non-hydrogen) atoms. The van der Waals surface area contributed by atoms with Gasteiger partial charge in [0.15, 0.2) is 0 Å². The number of unbranched alkanes of at least 4 members (excludes halogenated alkanes) is 1. The molecule has 0 aliphatic carbocycles. The van der Waals surface area contributed by atoms with Gasteiger partial charge in [-0.3, -0.25) is 4.55 Å². The number of rotatable bonds is 6. The Morgan fingerprint density at radius 1 is 1.18 bits per heavy atom. The van der Waals surface area contributed by atoms with Crippen LogP contribution >= 0.6 is 0 Å². The number of aliphatic carboxylic acids is 1. The summed E-state index contributed by atoms with van der Waals surface area (Å²) in [6, 6.07) is 5.84. The maximum absolute atomic E-state index is 10.8. The molecule has 0 aromatic heterocycles. The van der Waals surface area contributed by atoms with E-state index in [1.807, 2.05) is 0 Å². The summed E-state index contributed by atoms with van der Waals surface area (Å²) in [5.41, 5.74) is 0.899. The molecule has 6 heteroatoms. The number of hydrogen-bond donors (Lipinski definition) is 1. The van der Waals surface area contributed by atoms with E-state index in [4.69, 9.17) is 4.55 Å². The van der Waals surface area contributed by atoms with Crippen molar-refractivity contribution < 1.29 is 22.9 Å². The van der Waals surface area contributed by atoms with Gasteiger partial charge in [0.05, 0.1) is 4.90 Å². The van der Waals surface area contributed by atoms with Gasteiger partial charge < -0.3 is 9.90 Å². The molecule has 0 atom stereocenters. The molecule has 0 fully saturated rings. The van der Waals surface area contributed by atoms with Gasteiger partial charge in [-0.25, -0.2) is 0 Å². The Bertz CT molecular complexity index is 475. The van der Waals surface area contributed by atoms with Gasteiger partial charge in [-0.1, -0.05) is 12.1 Å². The molecule has 0 radical (unpaired) electrons. The summed E-state index contributed by atoms with van der Waals surface area (Å²) in [5.74, 6) is -1.06. The van der Waals surface area contributed by atoms with Crippen LogP contribution in [0.4, 0.5) is 0 Å². The van der Waals surface area contributed by atoms with E-state index in [1.54, 1.807) is 12.1 Å². The first kappa shape index (κ1) is 13.7. The highest BCUT2D eigenvalue weighted by Gasteiger charge is 2.07. The average molecular weight is 257 g/mol. The monoisotopic (exact) mass is 257 g/mol. The fourth-order valence-electron chi connectivity index (χ4n) is 1.43. The topological polar surface area (TPSA) is 94.5 Å². The number of carbonyl (C=O) groups excluding carboxylic acids is 1. The smallest absolute Gasteiger partial charge is 0.294 e. The van der Waals surface area contributed by atoms with Gasteiger partial charge in [-0.2, -0.15) is 8.42 Å². The third-order valence-corrected chi connectivity index (χ3v) is 3.19. The molecule has 5 nitrogen and oxygen atoms in total. The van der Waals surface area contributed by atoms with Crippen molar-refractivity contribution in [2.75, 3.05) is 0 Å². The first-order chi connectivity index (χ1) is 7.89. The average Bonchev–Trinajstić information content (AvgIpc) is 2.23. The fraction of sp³-hybridized carbons (Fsp3) is 0.364. The normalized spacial score (nSPS) is 11.4. The molecule has 1 aromatic carbocycles. The standard InChI is InChI=1S/C11H14O5S/c12-11(13)4-2-1-3-9-5-7-10(8-6-9)17(14,15)16/h5-8H,1-4H2,(H,12,13)(H,14,15,16)/p-1. The summed E-state index contributed by atoms with van der Waals surface area (Å²) in [5, 5.41) is 10.2. The zero-order valence-corrected chi connectivity index (χ0v) is 9.94. The molecule has 1 rings (SSSR count). The van der Waals surface area contributed by atoms with Crippen LogP contribution in [0, 0.1) is 0 Å². The lowest BCUT2D eigenvalue weighted by atomic mass is 10.1. The first-order valence-electron chi connectivity index (χ1n) is 5.16. The molecule has 1 N–H and O–H groups in total. The molecular weight excluding hydrogens is 244 g/mol. The summed E-state index contributed by atoms with van der Waals surface area (Å²) in [6.45, 7) is 0. The van der Waals surface area contributed by atoms with Gasteiger partial charge in [0.25, 0.3) is 10.1 Å². The highest BCUT2D eigenvalue weighted by molar-refractivity contribution is 7.85. The number of carboxylic acid groups (broad SMARTS) is 1. The Hall–Kier alpha value is -1.40. The first-order valence-corrected chi connectivity index (χ1v) is 6.60. The van der Waals surface area contributed by atoms with E-state index in [-0.39, 0.29) is 11.3 Å². The van der Waals surface area contributed by atoms with Crippen LogP contribution in [0.5, 0.6) is 0 Å². The Kier molecular flexibility index (Phi) is 4.65. The van der Waals surface area contributed by atoms with Crippen molar-refractivity contribution in [1.82, 2.24) is 0 Å². The van der Waals surface area contributed by atoms with Crippen LogP contribution in [-0.4, -0.2) is 18.9 Å². The van der Waals surface area contributed by atoms with Crippen molar-refractivity contribution in [3.63, 3.8) is 0 Å². The lowest BCUT2D eigenvalue weighted by Crippen LogP contribution is -2.21. The maximum atomic E-state index is 10.8. The van der Waals surface area contributed by atoms with Crippen LogP contribution in [0.15, 0.2) is 29.2 Å². The zero-order valence-electron chi connectivity index (χ0n) is 9.13. The second-order valence-corrected chi connectivity index (χ2v) is 5.12. The van der Waals surface area contributed by atoms with E-state index < -0.39 is 16.1 Å². The molecule has 0 unspecified atom stereocenters. The number of benzene rings is 1. The molecule has 94 valence electrons. The molecule has 0 saturated heterocycles. The third-order valence-electron chi connectivity index (χ3n) is 2.32. The van der Waals surface area contributed by atoms with Crippen molar-refractivity contribution >= 4 is 16.1 Å². The highest BCUT2D eigenvalue weighted by Crippen LogP contribution is 2.12. The van der Waals surface area contributed by atoms with E-state index >= 15 is 0 Å². The highest BCUT2D eigenvalue weighted by atomic mass is 32.2. The number of carboxylic acids is 1. The summed E-state index contributed by atoms with van der Waals surface area (Å²) in [6.07, 6.45) is 1.92. The molecule has 0 amide bonds. The van der Waals surface area contributed by atoms with Gasteiger partial charge in [0.2, 0.25) is 0 Å². The largest absolute Gasteiger partial charge is 0.550 e. The Morgan fingerprint density at radius 2 is 1.76 bits per heavy atom. The maximum Gasteiger partial charge on any atom is 0.294 e. The summed E-state index contributed by atoms with van der Waals surface area (Å²) in [7, 11) is -4.14. The van der Waals surface area contributed by atoms with Gasteiger partial charge in [-0.05, 0) is 43.4 Å². The summed E-state index contributed by atoms with van der Waals surface area (Å²) < 4.78 is 30.3. The third kappa shape index (κ3) is 4.97. The molecule has 0 bridgehead atoms. The van der Waals surface area contributed by atoms with Crippen LogP contribution in [0.2, 0.25) is 0 Å². The van der Waals surface area contributed by atoms with Gasteiger partial charge in [0.1, 0.15) is 0 Å². The van der Waals surface area contributed by atoms with E-state index in [0.29, 0.717) is 19.3 Å². The predicted octanol–water partition coefficient (Wildman–Crippen LogP) is 0.396. The van der Waals surface area contributed by atoms with Crippen LogP contribution in [0.25, 0.3) is 0 Å². The Morgan fingerprint density at radius 3 is 2.24 bits per heavy atom. The van der Waals surface area contributed by atoms with Crippen LogP contribution in [0.3, 0.4) is 0 Å². The minimum absolute atomic E-state index is 0.0309. The molecule has 0 aliphatic heterocycles. The zero-order chi connectivity index (χ0) is 12.9. The quantitative estimate of drug-likeness (QED) is 0.588. The van der Waals surface area contributed by atoms with Crippen LogP contribution in [-0.2, 0) is 21.3 Å². The minimum Gasteiger partial charge on any atom is -0.550 e. The van der Waals surface area contributed by atoms with Crippen molar-refractivity contribution in [3.05, 3.63) is 29.8 Å². The van der Waals surface area contributed by atoms with E-state index in [0.717, 1.165) is 5.56 Å². The number of aryl methyl sites for hydroxylation is 1. The predicted molar refractivity (Wildman–Crippen MR) is 58.8 cm³/mol. The Balaban J connectivity index is 2.49. The minimum atomic E-state index is -4.14. The van der Waals surface area contributed by atoms with E-state index in [2.05, 4.69) is 0 Å². The Labute approximate surface area is 99.8 Å². The lowest BCUT2D eigenvalue weighted by Gasteiger charge is -2.03. The second-order valence-electron chi connectivity index (χ2n) is 3.70. The van der Waals surface area contributed by atoms with Crippen LogP contribution in [0.1, 0.15) is 24.8 Å². The molecule has 0 spiro atoms. The van der Waals surface area contributed by atoms with Gasteiger partial charge in [0, 0.05) is 5.97 Å². The van der Waals surface area contributed by atoms with Gasteiger partial charge >= 0.3 is 0 Å². The summed E-state index contributed by atoms with van der Waals surface area (Å²) in [4.78, 5) is 10.0. The molecule has 0 heterocycles. The van der Waals surface area contributed by atoms with Crippen molar-refractivity contribution in [1.29, 1.82) is 0 Å². The molecule has 1 aromatic rings. The van der Waals surface area contributed by atoms with Crippen LogP contribution < -0.4 is 5.11 Å². The molecule has 0 saturated carbocycles. The fourth-order valence-corrected chi connectivity index (χ4v) is 1.91. The number of carbonyl (C=O) groups is 1. The molecular formula is C11H13O5S-.